The van der Waals surface area contributed by atoms with Crippen molar-refractivity contribution in [2.75, 3.05) is 24.6 Å². The number of sulfone groups is 2. The van der Waals surface area contributed by atoms with Crippen molar-refractivity contribution in [1.82, 2.24) is 4.90 Å². The lowest BCUT2D eigenvalue weighted by Gasteiger charge is -2.13. The van der Waals surface area contributed by atoms with Crippen molar-refractivity contribution in [3.05, 3.63) is 91.9 Å². The molecule has 3 aromatic rings. The SMILES string of the molecule is NCCCS(=O)(=O)c1ccc(Cl)c(Cl)c1.O=C1c2ccccc2C(=O)N1CCCS(=O)(=O)c1ccc(Cl)c(Cl)c1. The summed E-state index contributed by atoms with van der Waals surface area (Å²) < 4.78 is 48.1. The molecule has 40 heavy (non-hydrogen) atoms. The van der Waals surface area contributed by atoms with Crippen LogP contribution in [0.1, 0.15) is 33.6 Å². The van der Waals surface area contributed by atoms with E-state index in [2.05, 4.69) is 0 Å². The summed E-state index contributed by atoms with van der Waals surface area (Å²) in [7, 11) is -6.87. The van der Waals surface area contributed by atoms with Gasteiger partial charge in [-0.05, 0) is 67.9 Å². The van der Waals surface area contributed by atoms with E-state index in [-0.39, 0.29) is 49.3 Å². The van der Waals surface area contributed by atoms with Gasteiger partial charge < -0.3 is 5.73 Å². The Bertz CT molecular complexity index is 1610. The highest BCUT2D eigenvalue weighted by Gasteiger charge is 2.34. The largest absolute Gasteiger partial charge is 0.330 e. The van der Waals surface area contributed by atoms with Gasteiger partial charge in [-0.15, -0.1) is 0 Å². The standard InChI is InChI=1S/C17H13Cl2NO4S.C9H11Cl2NO2S/c18-14-7-6-11(10-15(14)19)25(23,24)9-3-8-20-16(21)12-4-1-2-5-13(12)17(20)22;10-8-3-2-7(6-9(8)11)15(13,14)5-1-4-12/h1-2,4-7,10H,3,8-9H2;2-3,6H,1,4-5,12H2. The van der Waals surface area contributed by atoms with Gasteiger partial charge in [0.05, 0.1) is 52.5 Å². The van der Waals surface area contributed by atoms with Gasteiger partial charge in [0, 0.05) is 6.54 Å². The number of carbonyl (C=O) groups excluding carboxylic acids is 2. The zero-order chi connectivity index (χ0) is 29.7. The molecule has 0 fully saturated rings. The molecule has 1 heterocycles. The van der Waals surface area contributed by atoms with Gasteiger partial charge in [0.2, 0.25) is 0 Å². The Labute approximate surface area is 252 Å². The maximum absolute atomic E-state index is 12.4. The Morgan fingerprint density at radius 3 is 1.45 bits per heavy atom. The summed E-state index contributed by atoms with van der Waals surface area (Å²) in [5.41, 5.74) is 5.95. The Hall–Kier alpha value is -2.18. The van der Waals surface area contributed by atoms with Gasteiger partial charge in [-0.2, -0.15) is 0 Å². The fourth-order valence-corrected chi connectivity index (χ4v) is 7.10. The summed E-state index contributed by atoms with van der Waals surface area (Å²) in [5, 5.41) is 1.01. The van der Waals surface area contributed by atoms with Crippen molar-refractivity contribution in [2.24, 2.45) is 5.73 Å². The summed E-state index contributed by atoms with van der Waals surface area (Å²) in [4.78, 5) is 25.8. The fourth-order valence-electron chi connectivity index (χ4n) is 3.70. The minimum atomic E-state index is -3.59. The predicted molar refractivity (Wildman–Crippen MR) is 157 cm³/mol. The van der Waals surface area contributed by atoms with Crippen molar-refractivity contribution < 1.29 is 26.4 Å². The van der Waals surface area contributed by atoms with Crippen LogP contribution in [0.2, 0.25) is 20.1 Å². The molecule has 0 radical (unpaired) electrons. The molecule has 2 amide bonds. The Morgan fingerprint density at radius 1 is 0.625 bits per heavy atom. The third-order valence-electron chi connectivity index (χ3n) is 5.79. The van der Waals surface area contributed by atoms with E-state index in [0.29, 0.717) is 29.1 Å². The highest BCUT2D eigenvalue weighted by Crippen LogP contribution is 2.27. The second-order valence-electron chi connectivity index (χ2n) is 8.59. The summed E-state index contributed by atoms with van der Waals surface area (Å²) >= 11 is 23.1. The molecule has 0 aliphatic carbocycles. The molecule has 4 rings (SSSR count). The van der Waals surface area contributed by atoms with Crippen LogP contribution in [0.25, 0.3) is 0 Å². The zero-order valence-corrected chi connectivity index (χ0v) is 25.5. The molecule has 0 saturated heterocycles. The molecular formula is C26H24Cl4N2O6S2. The maximum Gasteiger partial charge on any atom is 0.261 e. The number of hydrogen-bond acceptors (Lipinski definition) is 7. The Balaban J connectivity index is 0.000000252. The van der Waals surface area contributed by atoms with Crippen LogP contribution >= 0.6 is 46.4 Å². The first-order valence-corrected chi connectivity index (χ1v) is 16.6. The number of hydrogen-bond donors (Lipinski definition) is 1. The molecule has 0 saturated carbocycles. The summed E-state index contributed by atoms with van der Waals surface area (Å²) in [6, 6.07) is 14.9. The molecule has 0 atom stereocenters. The topological polar surface area (TPSA) is 132 Å². The monoisotopic (exact) mass is 664 g/mol. The molecule has 2 N–H and O–H groups in total. The third-order valence-corrected chi connectivity index (χ3v) is 10.9. The second kappa shape index (κ2) is 13.7. The minimum absolute atomic E-state index is 0.0292. The van der Waals surface area contributed by atoms with Gasteiger partial charge >= 0.3 is 0 Å². The van der Waals surface area contributed by atoms with Crippen molar-refractivity contribution in [1.29, 1.82) is 0 Å². The molecular weight excluding hydrogens is 642 g/mol. The van der Waals surface area contributed by atoms with Gasteiger partial charge in [0.1, 0.15) is 0 Å². The van der Waals surface area contributed by atoms with Crippen LogP contribution in [0.5, 0.6) is 0 Å². The molecule has 0 aromatic heterocycles. The number of rotatable bonds is 9. The van der Waals surface area contributed by atoms with Crippen molar-refractivity contribution in [3.63, 3.8) is 0 Å². The molecule has 214 valence electrons. The molecule has 3 aromatic carbocycles. The van der Waals surface area contributed by atoms with Gasteiger partial charge in [-0.1, -0.05) is 58.5 Å². The van der Waals surface area contributed by atoms with Gasteiger partial charge in [0.15, 0.2) is 19.7 Å². The fraction of sp³-hybridized carbons (Fsp3) is 0.231. The summed E-state index contributed by atoms with van der Waals surface area (Å²) in [6.07, 6.45) is 0.566. The number of carbonyl (C=O) groups is 2. The average Bonchev–Trinajstić information content (AvgIpc) is 3.15. The highest BCUT2D eigenvalue weighted by molar-refractivity contribution is 7.91. The highest BCUT2D eigenvalue weighted by atomic mass is 35.5. The van der Waals surface area contributed by atoms with Gasteiger partial charge in [-0.3, -0.25) is 14.5 Å². The summed E-state index contributed by atoms with van der Waals surface area (Å²) in [5.74, 6) is -0.972. The number of amides is 2. The lowest BCUT2D eigenvalue weighted by molar-refractivity contribution is 0.0654. The zero-order valence-electron chi connectivity index (χ0n) is 20.8. The summed E-state index contributed by atoms with van der Waals surface area (Å²) in [6.45, 7) is 0.382. The van der Waals surface area contributed by atoms with Crippen molar-refractivity contribution in [3.8, 4) is 0 Å². The Kier molecular flexibility index (Phi) is 11.0. The first-order chi connectivity index (χ1) is 18.8. The molecule has 0 bridgehead atoms. The van der Waals surface area contributed by atoms with E-state index in [1.54, 1.807) is 24.3 Å². The van der Waals surface area contributed by atoms with Gasteiger partial charge in [0.25, 0.3) is 11.8 Å². The third kappa shape index (κ3) is 7.76. The van der Waals surface area contributed by atoms with Crippen molar-refractivity contribution in [2.45, 2.75) is 22.6 Å². The van der Waals surface area contributed by atoms with E-state index < -0.39 is 31.5 Å². The molecule has 0 unspecified atom stereocenters. The molecule has 0 spiro atoms. The molecule has 1 aliphatic rings. The van der Waals surface area contributed by atoms with Crippen molar-refractivity contribution >= 4 is 77.9 Å². The van der Waals surface area contributed by atoms with E-state index in [0.717, 1.165) is 4.90 Å². The maximum atomic E-state index is 12.4. The first kappa shape index (κ1) is 32.3. The number of nitrogens with zero attached hydrogens (tertiary/aromatic N) is 1. The van der Waals surface area contributed by atoms with E-state index in [1.165, 1.54) is 36.4 Å². The van der Waals surface area contributed by atoms with Gasteiger partial charge in [-0.25, -0.2) is 16.8 Å². The lowest BCUT2D eigenvalue weighted by Crippen LogP contribution is -2.31. The first-order valence-electron chi connectivity index (χ1n) is 11.8. The molecule has 8 nitrogen and oxygen atoms in total. The van der Waals surface area contributed by atoms with Crippen LogP contribution < -0.4 is 5.73 Å². The van der Waals surface area contributed by atoms with Crippen LogP contribution in [-0.2, 0) is 19.7 Å². The second-order valence-corrected chi connectivity index (χ2v) is 14.4. The van der Waals surface area contributed by atoms with Crippen LogP contribution in [0, 0.1) is 0 Å². The number of imide groups is 1. The average molecular weight is 666 g/mol. The Morgan fingerprint density at radius 2 is 1.05 bits per heavy atom. The quantitative estimate of drug-likeness (QED) is 0.296. The van der Waals surface area contributed by atoms with Crippen LogP contribution in [0.4, 0.5) is 0 Å². The van der Waals surface area contributed by atoms with Crippen LogP contribution in [0.3, 0.4) is 0 Å². The minimum Gasteiger partial charge on any atom is -0.330 e. The smallest absolute Gasteiger partial charge is 0.261 e. The van der Waals surface area contributed by atoms with E-state index >= 15 is 0 Å². The van der Waals surface area contributed by atoms with Crippen LogP contribution in [0.15, 0.2) is 70.5 Å². The van der Waals surface area contributed by atoms with E-state index in [4.69, 9.17) is 52.1 Å². The molecule has 14 heteroatoms. The number of fused-ring (bicyclic) bond motifs is 1. The number of benzene rings is 3. The molecule has 1 aliphatic heterocycles. The van der Waals surface area contributed by atoms with E-state index in [9.17, 15) is 26.4 Å². The number of halogens is 4. The lowest BCUT2D eigenvalue weighted by atomic mass is 10.1. The van der Waals surface area contributed by atoms with E-state index in [1.807, 2.05) is 0 Å². The number of nitrogens with two attached hydrogens (primary N) is 1. The predicted octanol–water partition coefficient (Wildman–Crippen LogP) is 5.57. The normalized spacial score (nSPS) is 13.2. The van der Waals surface area contributed by atoms with Crippen LogP contribution in [-0.4, -0.2) is 58.1 Å².